The first-order chi connectivity index (χ1) is 8.20. The molecule has 0 spiro atoms. The van der Waals surface area contributed by atoms with Crippen molar-refractivity contribution >= 4 is 5.97 Å². The lowest BCUT2D eigenvalue weighted by molar-refractivity contribution is -0.152. The normalized spacial score (nSPS) is 25.7. The molecule has 1 atom stereocenters. The fraction of sp³-hybridized carbons (Fsp3) is 0.909. The van der Waals surface area contributed by atoms with E-state index >= 15 is 0 Å². The Balaban J connectivity index is 2.76. The molecule has 0 aliphatic carbocycles. The second-order valence-corrected chi connectivity index (χ2v) is 4.86. The number of carbonyl (C=O) groups excluding carboxylic acids is 1. The minimum atomic E-state index is -4.34. The van der Waals surface area contributed by atoms with E-state index in [1.807, 2.05) is 18.7 Å². The number of rotatable bonds is 4. The Morgan fingerprint density at radius 2 is 2.11 bits per heavy atom. The summed E-state index contributed by atoms with van der Waals surface area (Å²) in [6, 6.07) is 0.184. The van der Waals surface area contributed by atoms with E-state index in [-0.39, 0.29) is 12.6 Å². The van der Waals surface area contributed by atoms with E-state index in [1.165, 1.54) is 7.11 Å². The summed E-state index contributed by atoms with van der Waals surface area (Å²) in [6.45, 7) is 3.52. The summed E-state index contributed by atoms with van der Waals surface area (Å²) in [6.07, 6.45) is -4.01. The zero-order valence-electron chi connectivity index (χ0n) is 10.8. The number of ether oxygens (including phenoxy) is 1. The van der Waals surface area contributed by atoms with Crippen LogP contribution < -0.4 is 5.32 Å². The molecule has 1 heterocycles. The number of carbonyl (C=O) groups is 1. The summed E-state index contributed by atoms with van der Waals surface area (Å²) >= 11 is 0. The van der Waals surface area contributed by atoms with Crippen LogP contribution in [-0.4, -0.2) is 55.4 Å². The van der Waals surface area contributed by atoms with E-state index < -0.39 is 24.2 Å². The second kappa shape index (κ2) is 5.44. The Bertz CT molecular complexity index is 307. The third kappa shape index (κ3) is 3.58. The van der Waals surface area contributed by atoms with Gasteiger partial charge in [0.15, 0.2) is 0 Å². The Morgan fingerprint density at radius 3 is 2.50 bits per heavy atom. The summed E-state index contributed by atoms with van der Waals surface area (Å²) in [5.74, 6) is -0.630. The number of methoxy groups -OCH3 is 1. The number of hydrogen-bond acceptors (Lipinski definition) is 4. The molecule has 0 aromatic rings. The van der Waals surface area contributed by atoms with Crippen LogP contribution in [0.25, 0.3) is 0 Å². The molecule has 1 aliphatic heterocycles. The maximum absolute atomic E-state index is 12.3. The van der Waals surface area contributed by atoms with Gasteiger partial charge in [0.25, 0.3) is 0 Å². The fourth-order valence-electron chi connectivity index (χ4n) is 2.13. The average Bonchev–Trinajstić information content (AvgIpc) is 2.70. The Kier molecular flexibility index (Phi) is 4.61. The van der Waals surface area contributed by atoms with Crippen molar-refractivity contribution < 1.29 is 22.7 Å². The number of hydrogen-bond donors (Lipinski definition) is 1. The topological polar surface area (TPSA) is 41.6 Å². The first-order valence-electron chi connectivity index (χ1n) is 5.84. The van der Waals surface area contributed by atoms with Gasteiger partial charge in [-0.3, -0.25) is 15.0 Å². The molecule has 1 N–H and O–H groups in total. The SMILES string of the molecule is COC(=O)C1(NCC(F)(F)F)CCN(C(C)C)C1. The van der Waals surface area contributed by atoms with Gasteiger partial charge < -0.3 is 4.74 Å². The Labute approximate surface area is 104 Å². The van der Waals surface area contributed by atoms with Crippen LogP contribution in [0.2, 0.25) is 0 Å². The van der Waals surface area contributed by atoms with E-state index in [2.05, 4.69) is 10.1 Å². The summed E-state index contributed by atoms with van der Waals surface area (Å²) in [7, 11) is 1.19. The predicted molar refractivity (Wildman–Crippen MR) is 60.1 cm³/mol. The van der Waals surface area contributed by atoms with Gasteiger partial charge in [0.05, 0.1) is 13.7 Å². The van der Waals surface area contributed by atoms with Crippen molar-refractivity contribution in [2.45, 2.75) is 38.0 Å². The molecule has 18 heavy (non-hydrogen) atoms. The number of nitrogens with zero attached hydrogens (tertiary/aromatic N) is 1. The van der Waals surface area contributed by atoms with Crippen molar-refractivity contribution in [1.82, 2.24) is 10.2 Å². The van der Waals surface area contributed by atoms with Crippen LogP contribution in [0.1, 0.15) is 20.3 Å². The quantitative estimate of drug-likeness (QED) is 0.777. The smallest absolute Gasteiger partial charge is 0.401 e. The van der Waals surface area contributed by atoms with E-state index in [0.717, 1.165) is 0 Å². The highest BCUT2D eigenvalue weighted by Gasteiger charge is 2.47. The van der Waals surface area contributed by atoms with Gasteiger partial charge in [0.2, 0.25) is 0 Å². The largest absolute Gasteiger partial charge is 0.468 e. The number of alkyl halides is 3. The summed E-state index contributed by atoms with van der Waals surface area (Å²) < 4.78 is 41.5. The first-order valence-corrected chi connectivity index (χ1v) is 5.84. The molecule has 1 fully saturated rings. The predicted octanol–water partition coefficient (Wildman–Crippen LogP) is 1.16. The number of halogens is 3. The van der Waals surface area contributed by atoms with E-state index in [9.17, 15) is 18.0 Å². The van der Waals surface area contributed by atoms with E-state index in [1.54, 1.807) is 0 Å². The third-order valence-electron chi connectivity index (χ3n) is 3.23. The highest BCUT2D eigenvalue weighted by atomic mass is 19.4. The van der Waals surface area contributed by atoms with Gasteiger partial charge in [0, 0.05) is 19.1 Å². The van der Waals surface area contributed by atoms with E-state index in [0.29, 0.717) is 13.0 Å². The molecule has 0 bridgehead atoms. The molecule has 106 valence electrons. The van der Waals surface area contributed by atoms with Gasteiger partial charge in [-0.05, 0) is 20.3 Å². The number of esters is 1. The molecule has 7 heteroatoms. The average molecular weight is 268 g/mol. The lowest BCUT2D eigenvalue weighted by Gasteiger charge is -2.29. The minimum absolute atomic E-state index is 0.184. The van der Waals surface area contributed by atoms with Crippen molar-refractivity contribution in [3.05, 3.63) is 0 Å². The van der Waals surface area contributed by atoms with E-state index in [4.69, 9.17) is 0 Å². The summed E-state index contributed by atoms with van der Waals surface area (Å²) in [5, 5.41) is 2.33. The highest BCUT2D eigenvalue weighted by molar-refractivity contribution is 5.81. The van der Waals surface area contributed by atoms with Crippen molar-refractivity contribution in [1.29, 1.82) is 0 Å². The van der Waals surface area contributed by atoms with Crippen LogP contribution >= 0.6 is 0 Å². The molecule has 1 aliphatic rings. The Hall–Kier alpha value is -0.820. The molecule has 0 radical (unpaired) electrons. The zero-order valence-corrected chi connectivity index (χ0v) is 10.8. The van der Waals surface area contributed by atoms with Gasteiger partial charge in [-0.15, -0.1) is 0 Å². The molecule has 1 unspecified atom stereocenters. The minimum Gasteiger partial charge on any atom is -0.468 e. The first kappa shape index (κ1) is 15.2. The van der Waals surface area contributed by atoms with Gasteiger partial charge >= 0.3 is 12.1 Å². The van der Waals surface area contributed by atoms with Gasteiger partial charge in [-0.2, -0.15) is 13.2 Å². The molecule has 1 saturated heterocycles. The summed E-state index contributed by atoms with van der Waals surface area (Å²) in [4.78, 5) is 13.7. The van der Waals surface area contributed by atoms with Crippen LogP contribution in [0.4, 0.5) is 13.2 Å². The third-order valence-corrected chi connectivity index (χ3v) is 3.23. The van der Waals surface area contributed by atoms with Crippen LogP contribution in [-0.2, 0) is 9.53 Å². The van der Waals surface area contributed by atoms with Gasteiger partial charge in [-0.1, -0.05) is 0 Å². The maximum atomic E-state index is 12.3. The Morgan fingerprint density at radius 1 is 1.50 bits per heavy atom. The molecule has 0 aromatic heterocycles. The van der Waals surface area contributed by atoms with Crippen molar-refractivity contribution in [2.75, 3.05) is 26.7 Å². The van der Waals surface area contributed by atoms with Crippen LogP contribution in [0.3, 0.4) is 0 Å². The fourth-order valence-corrected chi connectivity index (χ4v) is 2.13. The second-order valence-electron chi connectivity index (χ2n) is 4.86. The lowest BCUT2D eigenvalue weighted by Crippen LogP contribution is -2.57. The standard InChI is InChI=1S/C11H19F3N2O2/c1-8(2)16-5-4-10(7-16,9(17)18-3)15-6-11(12,13)14/h8,15H,4-7H2,1-3H3. The lowest BCUT2D eigenvalue weighted by atomic mass is 9.98. The molecule has 0 saturated carbocycles. The van der Waals surface area contributed by atoms with Gasteiger partial charge in [-0.25, -0.2) is 0 Å². The highest BCUT2D eigenvalue weighted by Crippen LogP contribution is 2.26. The van der Waals surface area contributed by atoms with Crippen molar-refractivity contribution in [3.8, 4) is 0 Å². The van der Waals surface area contributed by atoms with Crippen LogP contribution in [0, 0.1) is 0 Å². The van der Waals surface area contributed by atoms with Crippen molar-refractivity contribution in [3.63, 3.8) is 0 Å². The molecule has 0 aromatic carbocycles. The van der Waals surface area contributed by atoms with Crippen molar-refractivity contribution in [2.24, 2.45) is 0 Å². The molecular formula is C11H19F3N2O2. The van der Waals surface area contributed by atoms with Crippen LogP contribution in [0.5, 0.6) is 0 Å². The molecule has 4 nitrogen and oxygen atoms in total. The monoisotopic (exact) mass is 268 g/mol. The number of likely N-dealkylation sites (tertiary alicyclic amines) is 1. The maximum Gasteiger partial charge on any atom is 0.401 e. The molecule has 0 amide bonds. The van der Waals surface area contributed by atoms with Crippen LogP contribution in [0.15, 0.2) is 0 Å². The summed E-state index contributed by atoms with van der Waals surface area (Å²) in [5.41, 5.74) is -1.24. The molecule has 1 rings (SSSR count). The zero-order chi connectivity index (χ0) is 14.0. The molecular weight excluding hydrogens is 249 g/mol. The number of nitrogens with one attached hydrogen (secondary N) is 1. The van der Waals surface area contributed by atoms with Gasteiger partial charge in [0.1, 0.15) is 5.54 Å².